The molecule has 0 aliphatic heterocycles. The normalized spacial score (nSPS) is 25.8. The summed E-state index contributed by atoms with van der Waals surface area (Å²) in [6, 6.07) is 0. The molecule has 0 bridgehead atoms. The second-order valence-corrected chi connectivity index (χ2v) is 5.04. The highest BCUT2D eigenvalue weighted by molar-refractivity contribution is 5.83. The Morgan fingerprint density at radius 3 is 2.53 bits per heavy atom. The molecule has 96 valence electrons. The molecule has 4 nitrogen and oxygen atoms in total. The number of aliphatic carboxylic acids is 1. The third kappa shape index (κ3) is 3.32. The maximum atomic E-state index is 11.3. The van der Waals surface area contributed by atoms with Gasteiger partial charge in [0.1, 0.15) is 0 Å². The summed E-state index contributed by atoms with van der Waals surface area (Å²) in [7, 11) is 0. The Labute approximate surface area is 102 Å². The minimum atomic E-state index is -0.802. The van der Waals surface area contributed by atoms with E-state index in [4.69, 9.17) is 9.84 Å². The highest BCUT2D eigenvalue weighted by Gasteiger charge is 2.60. The number of carbonyl (C=O) groups is 2. The Bertz CT molecular complexity index is 330. The van der Waals surface area contributed by atoms with Crippen molar-refractivity contribution in [2.75, 3.05) is 6.61 Å². The van der Waals surface area contributed by atoms with Crippen LogP contribution in [0.25, 0.3) is 0 Å². The Balaban J connectivity index is 2.40. The minimum absolute atomic E-state index is 0.0706. The predicted octanol–water partition coefficient (Wildman–Crippen LogP) is 2.24. The van der Waals surface area contributed by atoms with Crippen LogP contribution in [-0.2, 0) is 14.3 Å². The number of rotatable bonds is 6. The molecule has 1 fully saturated rings. The van der Waals surface area contributed by atoms with E-state index < -0.39 is 5.97 Å². The summed E-state index contributed by atoms with van der Waals surface area (Å²) in [5, 5.41) is 8.95. The summed E-state index contributed by atoms with van der Waals surface area (Å²) in [6.45, 7) is 6.23. The first kappa shape index (κ1) is 13.7. The molecule has 0 aromatic heterocycles. The second kappa shape index (κ2) is 5.34. The zero-order chi connectivity index (χ0) is 13.1. The fraction of sp³-hybridized carbons (Fsp3) is 0.692. The van der Waals surface area contributed by atoms with E-state index in [1.54, 1.807) is 6.08 Å². The van der Waals surface area contributed by atoms with Crippen LogP contribution in [0.2, 0.25) is 0 Å². The van der Waals surface area contributed by atoms with Crippen molar-refractivity contribution in [2.24, 2.45) is 17.3 Å². The van der Waals surface area contributed by atoms with E-state index in [2.05, 4.69) is 0 Å². The van der Waals surface area contributed by atoms with E-state index in [-0.39, 0.29) is 23.2 Å². The number of carboxylic acids is 1. The van der Waals surface area contributed by atoms with Gasteiger partial charge in [0.2, 0.25) is 0 Å². The highest BCUT2D eigenvalue weighted by atomic mass is 16.5. The molecular weight excluding hydrogens is 220 g/mol. The predicted molar refractivity (Wildman–Crippen MR) is 63.4 cm³/mol. The minimum Gasteiger partial charge on any atom is -0.481 e. The lowest BCUT2D eigenvalue weighted by molar-refractivity contribution is -0.140. The SMILES string of the molecule is CCCCOC(=O)/C=C\[C@H]1[C@@H](C(=O)O)C1(C)C. The van der Waals surface area contributed by atoms with Crippen molar-refractivity contribution in [2.45, 2.75) is 33.6 Å². The number of carboxylic acid groups (broad SMARTS) is 1. The lowest BCUT2D eigenvalue weighted by atomic mass is 10.1. The van der Waals surface area contributed by atoms with Crippen LogP contribution in [0.1, 0.15) is 33.6 Å². The number of carbonyl (C=O) groups excluding carboxylic acids is 1. The van der Waals surface area contributed by atoms with Crippen molar-refractivity contribution in [3.8, 4) is 0 Å². The van der Waals surface area contributed by atoms with E-state index in [0.29, 0.717) is 6.61 Å². The number of hydrogen-bond donors (Lipinski definition) is 1. The van der Waals surface area contributed by atoms with Gasteiger partial charge in [0.05, 0.1) is 12.5 Å². The smallest absolute Gasteiger partial charge is 0.330 e. The van der Waals surface area contributed by atoms with Crippen LogP contribution in [0.4, 0.5) is 0 Å². The van der Waals surface area contributed by atoms with Crippen LogP contribution in [0.15, 0.2) is 12.2 Å². The largest absolute Gasteiger partial charge is 0.481 e. The summed E-state index contributed by atoms with van der Waals surface area (Å²) in [5.74, 6) is -1.64. The third-order valence-electron chi connectivity index (χ3n) is 3.36. The molecule has 1 rings (SSSR count). The van der Waals surface area contributed by atoms with E-state index in [1.165, 1.54) is 6.08 Å². The topological polar surface area (TPSA) is 63.6 Å². The molecule has 0 aromatic rings. The standard InChI is InChI=1S/C13H20O4/c1-4-5-8-17-10(14)7-6-9-11(12(15)16)13(9,2)3/h6-7,9,11H,4-5,8H2,1-3H3,(H,15,16)/b7-6-/t9-,11-/m0/s1. The van der Waals surface area contributed by atoms with E-state index in [1.807, 2.05) is 20.8 Å². The molecule has 0 saturated heterocycles. The van der Waals surface area contributed by atoms with Crippen molar-refractivity contribution in [1.29, 1.82) is 0 Å². The van der Waals surface area contributed by atoms with Gasteiger partial charge in [-0.25, -0.2) is 4.79 Å². The number of esters is 1. The zero-order valence-electron chi connectivity index (χ0n) is 10.6. The van der Waals surface area contributed by atoms with Gasteiger partial charge in [0.15, 0.2) is 0 Å². The fourth-order valence-electron chi connectivity index (χ4n) is 2.06. The first-order valence-electron chi connectivity index (χ1n) is 5.99. The van der Waals surface area contributed by atoms with Gasteiger partial charge in [-0.2, -0.15) is 0 Å². The van der Waals surface area contributed by atoms with E-state index >= 15 is 0 Å². The molecule has 1 saturated carbocycles. The molecule has 2 atom stereocenters. The Morgan fingerprint density at radius 2 is 2.06 bits per heavy atom. The number of unbranched alkanes of at least 4 members (excludes halogenated alkanes) is 1. The van der Waals surface area contributed by atoms with Crippen molar-refractivity contribution in [3.05, 3.63) is 12.2 Å². The maximum absolute atomic E-state index is 11.3. The molecule has 17 heavy (non-hydrogen) atoms. The monoisotopic (exact) mass is 240 g/mol. The van der Waals surface area contributed by atoms with Crippen LogP contribution in [0.5, 0.6) is 0 Å². The second-order valence-electron chi connectivity index (χ2n) is 5.04. The summed E-state index contributed by atoms with van der Waals surface area (Å²) in [4.78, 5) is 22.2. The molecule has 0 radical (unpaired) electrons. The molecule has 0 amide bonds. The van der Waals surface area contributed by atoms with Gasteiger partial charge in [-0.15, -0.1) is 0 Å². The first-order valence-corrected chi connectivity index (χ1v) is 5.99. The van der Waals surface area contributed by atoms with Crippen LogP contribution < -0.4 is 0 Å². The molecule has 0 aromatic carbocycles. The van der Waals surface area contributed by atoms with Gasteiger partial charge in [-0.1, -0.05) is 33.3 Å². The zero-order valence-corrected chi connectivity index (χ0v) is 10.6. The molecule has 0 heterocycles. The lowest BCUT2D eigenvalue weighted by Gasteiger charge is -1.99. The van der Waals surface area contributed by atoms with Crippen LogP contribution in [0.3, 0.4) is 0 Å². The van der Waals surface area contributed by atoms with Crippen molar-refractivity contribution >= 4 is 11.9 Å². The summed E-state index contributed by atoms with van der Waals surface area (Å²) in [6.07, 6.45) is 4.85. The van der Waals surface area contributed by atoms with E-state index in [0.717, 1.165) is 12.8 Å². The van der Waals surface area contributed by atoms with Crippen molar-refractivity contribution < 1.29 is 19.4 Å². The fourth-order valence-corrected chi connectivity index (χ4v) is 2.06. The third-order valence-corrected chi connectivity index (χ3v) is 3.36. The van der Waals surface area contributed by atoms with Crippen LogP contribution in [0, 0.1) is 17.3 Å². The maximum Gasteiger partial charge on any atom is 0.330 e. The molecular formula is C13H20O4. The lowest BCUT2D eigenvalue weighted by Crippen LogP contribution is -2.03. The van der Waals surface area contributed by atoms with Crippen molar-refractivity contribution in [1.82, 2.24) is 0 Å². The van der Waals surface area contributed by atoms with Gasteiger partial charge in [0.25, 0.3) is 0 Å². The summed E-state index contributed by atoms with van der Waals surface area (Å²) >= 11 is 0. The molecule has 1 aliphatic rings. The van der Waals surface area contributed by atoms with Gasteiger partial charge >= 0.3 is 11.9 Å². The summed E-state index contributed by atoms with van der Waals surface area (Å²) in [5.41, 5.74) is -0.258. The Morgan fingerprint density at radius 1 is 1.41 bits per heavy atom. The first-order chi connectivity index (χ1) is 7.91. The number of ether oxygens (including phenoxy) is 1. The quantitative estimate of drug-likeness (QED) is 0.439. The van der Waals surface area contributed by atoms with E-state index in [9.17, 15) is 9.59 Å². The molecule has 1 N–H and O–H groups in total. The van der Waals surface area contributed by atoms with Gasteiger partial charge in [-0.05, 0) is 17.8 Å². The Kier molecular flexibility index (Phi) is 4.32. The van der Waals surface area contributed by atoms with Crippen LogP contribution >= 0.6 is 0 Å². The average molecular weight is 240 g/mol. The summed E-state index contributed by atoms with van der Waals surface area (Å²) < 4.78 is 4.95. The van der Waals surface area contributed by atoms with Crippen molar-refractivity contribution in [3.63, 3.8) is 0 Å². The highest BCUT2D eigenvalue weighted by Crippen LogP contribution is 2.58. The molecule has 1 aliphatic carbocycles. The average Bonchev–Trinajstić information content (AvgIpc) is 2.78. The molecule has 4 heteroatoms. The van der Waals surface area contributed by atoms with Gasteiger partial charge < -0.3 is 9.84 Å². The molecule has 0 spiro atoms. The number of hydrogen-bond acceptors (Lipinski definition) is 3. The number of allylic oxidation sites excluding steroid dienone is 1. The molecule has 0 unspecified atom stereocenters. The Hall–Kier alpha value is -1.32. The van der Waals surface area contributed by atoms with Crippen LogP contribution in [-0.4, -0.2) is 23.7 Å². The van der Waals surface area contributed by atoms with Gasteiger partial charge in [-0.3, -0.25) is 4.79 Å². The van der Waals surface area contributed by atoms with Gasteiger partial charge in [0, 0.05) is 6.08 Å².